The van der Waals surface area contributed by atoms with Crippen LogP contribution in [0.3, 0.4) is 0 Å². The van der Waals surface area contributed by atoms with Crippen LogP contribution in [0.1, 0.15) is 30.9 Å². The smallest absolute Gasteiger partial charge is 0.260 e. The highest BCUT2D eigenvalue weighted by atomic mass is 16.5. The maximum Gasteiger partial charge on any atom is 0.260 e. The van der Waals surface area contributed by atoms with Gasteiger partial charge in [-0.2, -0.15) is 0 Å². The molecule has 3 rings (SSSR count). The van der Waals surface area contributed by atoms with Crippen molar-refractivity contribution in [1.82, 2.24) is 10.2 Å². The maximum absolute atomic E-state index is 12.5. The highest BCUT2D eigenvalue weighted by Gasteiger charge is 2.24. The Kier molecular flexibility index (Phi) is 8.36. The van der Waals surface area contributed by atoms with Crippen molar-refractivity contribution in [3.63, 3.8) is 0 Å². The number of piperidine rings is 1. The molecule has 32 heavy (non-hydrogen) atoms. The zero-order valence-electron chi connectivity index (χ0n) is 19.1. The molecule has 1 fully saturated rings. The predicted molar refractivity (Wildman–Crippen MR) is 122 cm³/mol. The molecule has 172 valence electrons. The second-order valence-electron chi connectivity index (χ2n) is 7.95. The Bertz CT molecular complexity index is 922. The zero-order chi connectivity index (χ0) is 22.9. The molecule has 0 saturated carbocycles. The van der Waals surface area contributed by atoms with Crippen LogP contribution in [0.5, 0.6) is 17.2 Å². The summed E-state index contributed by atoms with van der Waals surface area (Å²) in [4.78, 5) is 26.6. The minimum atomic E-state index is -0.148. The summed E-state index contributed by atoms with van der Waals surface area (Å²) in [5.41, 5.74) is 2.17. The van der Waals surface area contributed by atoms with Gasteiger partial charge in [0.2, 0.25) is 0 Å². The van der Waals surface area contributed by atoms with E-state index in [-0.39, 0.29) is 31.1 Å². The van der Waals surface area contributed by atoms with Crippen LogP contribution in [-0.4, -0.2) is 55.7 Å². The highest BCUT2D eigenvalue weighted by Crippen LogP contribution is 2.26. The molecule has 7 nitrogen and oxygen atoms in total. The van der Waals surface area contributed by atoms with Crippen molar-refractivity contribution in [1.29, 1.82) is 0 Å². The van der Waals surface area contributed by atoms with Crippen LogP contribution in [0, 0.1) is 13.8 Å². The van der Waals surface area contributed by atoms with E-state index in [9.17, 15) is 9.59 Å². The Hall–Kier alpha value is -3.22. The van der Waals surface area contributed by atoms with E-state index < -0.39 is 0 Å². The SMILES string of the molecule is CCOc1ccccc1OCC(=O)N1CCC(NC(=O)COc2ccc(C)cc2C)CC1. The molecule has 1 aliphatic rings. The van der Waals surface area contributed by atoms with Gasteiger partial charge in [0.15, 0.2) is 24.7 Å². The lowest BCUT2D eigenvalue weighted by Gasteiger charge is -2.32. The number of carbonyl (C=O) groups is 2. The number of aryl methyl sites for hydroxylation is 2. The van der Waals surface area contributed by atoms with E-state index >= 15 is 0 Å². The van der Waals surface area contributed by atoms with Gasteiger partial charge in [0.25, 0.3) is 11.8 Å². The topological polar surface area (TPSA) is 77.1 Å². The van der Waals surface area contributed by atoms with Crippen molar-refractivity contribution in [2.24, 2.45) is 0 Å². The standard InChI is InChI=1S/C25H32N2O5/c1-4-30-22-7-5-6-8-23(22)32-17-25(29)27-13-11-20(12-14-27)26-24(28)16-31-21-10-9-18(2)15-19(21)3/h5-10,15,20H,4,11-14,16-17H2,1-3H3,(H,26,28). The Morgan fingerprint density at radius 3 is 2.25 bits per heavy atom. The lowest BCUT2D eigenvalue weighted by atomic mass is 10.1. The second-order valence-corrected chi connectivity index (χ2v) is 7.95. The third kappa shape index (κ3) is 6.64. The van der Waals surface area contributed by atoms with Gasteiger partial charge in [-0.1, -0.05) is 29.8 Å². The van der Waals surface area contributed by atoms with Gasteiger partial charge in [0.05, 0.1) is 6.61 Å². The number of rotatable bonds is 9. The summed E-state index contributed by atoms with van der Waals surface area (Å²) in [5, 5.41) is 3.01. The fourth-order valence-corrected chi connectivity index (χ4v) is 3.72. The van der Waals surface area contributed by atoms with Gasteiger partial charge >= 0.3 is 0 Å². The van der Waals surface area contributed by atoms with Crippen LogP contribution in [-0.2, 0) is 9.59 Å². The molecule has 1 aliphatic heterocycles. The first-order valence-electron chi connectivity index (χ1n) is 11.1. The number of nitrogens with zero attached hydrogens (tertiary/aromatic N) is 1. The summed E-state index contributed by atoms with van der Waals surface area (Å²) in [6.07, 6.45) is 1.41. The van der Waals surface area contributed by atoms with E-state index in [4.69, 9.17) is 14.2 Å². The van der Waals surface area contributed by atoms with Crippen molar-refractivity contribution >= 4 is 11.8 Å². The number of benzene rings is 2. The lowest BCUT2D eigenvalue weighted by Crippen LogP contribution is -2.48. The maximum atomic E-state index is 12.5. The molecule has 0 aromatic heterocycles. The molecule has 0 unspecified atom stereocenters. The Balaban J connectivity index is 1.39. The fraction of sp³-hybridized carbons (Fsp3) is 0.440. The van der Waals surface area contributed by atoms with E-state index in [2.05, 4.69) is 5.32 Å². The molecule has 0 atom stereocenters. The van der Waals surface area contributed by atoms with Crippen LogP contribution in [0.25, 0.3) is 0 Å². The third-order valence-corrected chi connectivity index (χ3v) is 5.40. The van der Waals surface area contributed by atoms with Crippen LogP contribution >= 0.6 is 0 Å². The van der Waals surface area contributed by atoms with Gasteiger partial charge in [-0.15, -0.1) is 0 Å². The van der Waals surface area contributed by atoms with Crippen LogP contribution in [0.2, 0.25) is 0 Å². The van der Waals surface area contributed by atoms with Crippen molar-refractivity contribution in [2.75, 3.05) is 32.9 Å². The first kappa shape index (κ1) is 23.4. The predicted octanol–water partition coefficient (Wildman–Crippen LogP) is 3.27. The number of ether oxygens (including phenoxy) is 3. The van der Waals surface area contributed by atoms with Gasteiger partial charge in [-0.05, 0) is 57.4 Å². The van der Waals surface area contributed by atoms with Crippen LogP contribution in [0.4, 0.5) is 0 Å². The van der Waals surface area contributed by atoms with E-state index in [0.29, 0.717) is 44.0 Å². The molecule has 2 aromatic carbocycles. The van der Waals surface area contributed by atoms with Crippen molar-refractivity contribution in [3.8, 4) is 17.2 Å². The molecule has 2 aromatic rings. The zero-order valence-corrected chi connectivity index (χ0v) is 19.1. The molecular weight excluding hydrogens is 408 g/mol. The van der Waals surface area contributed by atoms with Crippen molar-refractivity contribution in [3.05, 3.63) is 53.6 Å². The van der Waals surface area contributed by atoms with Crippen molar-refractivity contribution in [2.45, 2.75) is 39.7 Å². The second kappa shape index (κ2) is 11.4. The molecule has 1 heterocycles. The van der Waals surface area contributed by atoms with E-state index in [1.54, 1.807) is 11.0 Å². The Morgan fingerprint density at radius 1 is 0.938 bits per heavy atom. The van der Waals surface area contributed by atoms with E-state index in [1.807, 2.05) is 57.2 Å². The highest BCUT2D eigenvalue weighted by molar-refractivity contribution is 5.79. The average molecular weight is 441 g/mol. The fourth-order valence-electron chi connectivity index (χ4n) is 3.72. The van der Waals surface area contributed by atoms with Crippen LogP contribution in [0.15, 0.2) is 42.5 Å². The Morgan fingerprint density at radius 2 is 1.59 bits per heavy atom. The molecule has 2 amide bonds. The number of amides is 2. The molecular formula is C25H32N2O5. The molecule has 0 bridgehead atoms. The minimum Gasteiger partial charge on any atom is -0.490 e. The summed E-state index contributed by atoms with van der Waals surface area (Å²) in [7, 11) is 0. The molecule has 7 heteroatoms. The van der Waals surface area contributed by atoms with Crippen LogP contribution < -0.4 is 19.5 Å². The first-order chi connectivity index (χ1) is 15.5. The van der Waals surface area contributed by atoms with Gasteiger partial charge in [-0.25, -0.2) is 0 Å². The van der Waals surface area contributed by atoms with Crippen molar-refractivity contribution < 1.29 is 23.8 Å². The number of likely N-dealkylation sites (tertiary alicyclic amines) is 1. The lowest BCUT2D eigenvalue weighted by molar-refractivity contribution is -0.134. The first-order valence-corrected chi connectivity index (χ1v) is 11.1. The Labute approximate surface area is 189 Å². The summed E-state index contributed by atoms with van der Waals surface area (Å²) >= 11 is 0. The molecule has 0 radical (unpaired) electrons. The molecule has 1 saturated heterocycles. The van der Waals surface area contributed by atoms with E-state index in [0.717, 1.165) is 16.9 Å². The monoisotopic (exact) mass is 440 g/mol. The number of hydrogen-bond acceptors (Lipinski definition) is 5. The van der Waals surface area contributed by atoms with Gasteiger partial charge in [-0.3, -0.25) is 9.59 Å². The third-order valence-electron chi connectivity index (χ3n) is 5.40. The number of hydrogen-bond donors (Lipinski definition) is 1. The number of para-hydroxylation sites is 2. The van der Waals surface area contributed by atoms with Gasteiger partial charge in [0, 0.05) is 19.1 Å². The quantitative estimate of drug-likeness (QED) is 0.648. The summed E-state index contributed by atoms with van der Waals surface area (Å²) in [5.74, 6) is 1.70. The summed E-state index contributed by atoms with van der Waals surface area (Å²) in [6, 6.07) is 13.2. The molecule has 0 spiro atoms. The normalized spacial score (nSPS) is 14.0. The van der Waals surface area contributed by atoms with Gasteiger partial charge < -0.3 is 24.4 Å². The minimum absolute atomic E-state index is 0.0177. The summed E-state index contributed by atoms with van der Waals surface area (Å²) in [6.45, 7) is 7.53. The van der Waals surface area contributed by atoms with E-state index in [1.165, 1.54) is 0 Å². The van der Waals surface area contributed by atoms with Gasteiger partial charge in [0.1, 0.15) is 5.75 Å². The number of carbonyl (C=O) groups excluding carboxylic acids is 2. The number of nitrogens with one attached hydrogen (secondary N) is 1. The average Bonchev–Trinajstić information content (AvgIpc) is 2.78. The summed E-state index contributed by atoms with van der Waals surface area (Å²) < 4.78 is 16.9. The molecule has 0 aliphatic carbocycles. The largest absolute Gasteiger partial charge is 0.490 e. The molecule has 1 N–H and O–H groups in total.